The normalized spacial score (nSPS) is 23.8. The van der Waals surface area contributed by atoms with Gasteiger partial charge in [-0.25, -0.2) is 4.39 Å². The molecule has 0 spiro atoms. The highest BCUT2D eigenvalue weighted by atomic mass is 32.2. The zero-order valence-electron chi connectivity index (χ0n) is 19.4. The first kappa shape index (κ1) is 23.4. The molecule has 182 valence electrons. The number of carbonyl (C=O) groups excluding carboxylic acids is 1. The summed E-state index contributed by atoms with van der Waals surface area (Å²) in [5, 5.41) is 13.5. The Bertz CT molecular complexity index is 1120. The van der Waals surface area contributed by atoms with Crippen LogP contribution in [0, 0.1) is 5.82 Å². The molecule has 0 radical (unpaired) electrons. The van der Waals surface area contributed by atoms with E-state index in [4.69, 9.17) is 0 Å². The van der Waals surface area contributed by atoms with Crippen molar-refractivity contribution in [2.75, 3.05) is 18.1 Å². The van der Waals surface area contributed by atoms with Gasteiger partial charge in [0.15, 0.2) is 5.75 Å². The van der Waals surface area contributed by atoms with Gasteiger partial charge in [0.1, 0.15) is 11.4 Å². The second-order valence-corrected chi connectivity index (χ2v) is 10.7. The Morgan fingerprint density at radius 2 is 1.91 bits per heavy atom. The Balaban J connectivity index is 1.39. The summed E-state index contributed by atoms with van der Waals surface area (Å²) in [6.07, 6.45) is 5.21. The van der Waals surface area contributed by atoms with E-state index in [1.54, 1.807) is 18.3 Å². The van der Waals surface area contributed by atoms with Crippen LogP contribution >= 0.6 is 11.8 Å². The van der Waals surface area contributed by atoms with Crippen molar-refractivity contribution in [2.45, 2.75) is 64.1 Å². The molecule has 4 heterocycles. The van der Waals surface area contributed by atoms with E-state index in [-0.39, 0.29) is 29.8 Å². The van der Waals surface area contributed by atoms with Crippen LogP contribution in [0.15, 0.2) is 35.3 Å². The number of nitrogens with zero attached hydrogens (tertiary/aromatic N) is 3. The molecule has 2 aromatic rings. The molecule has 1 amide bonds. The van der Waals surface area contributed by atoms with Crippen molar-refractivity contribution in [2.24, 2.45) is 0 Å². The smallest absolute Gasteiger partial charge is 0.257 e. The van der Waals surface area contributed by atoms with Crippen molar-refractivity contribution in [3.8, 4) is 5.75 Å². The largest absolute Gasteiger partial charge is 0.503 e. The monoisotopic (exact) mass is 486 g/mol. The fourth-order valence-corrected chi connectivity index (χ4v) is 6.54. The van der Waals surface area contributed by atoms with Crippen molar-refractivity contribution in [3.05, 3.63) is 63.3 Å². The molecule has 1 aromatic carbocycles. The van der Waals surface area contributed by atoms with Crippen LogP contribution in [0.1, 0.15) is 47.8 Å². The molecule has 2 fully saturated rings. The van der Waals surface area contributed by atoms with Crippen molar-refractivity contribution >= 4 is 17.7 Å². The number of thioether (sulfide) groups is 1. The first-order valence-electron chi connectivity index (χ1n) is 12.0. The van der Waals surface area contributed by atoms with E-state index in [2.05, 4.69) is 22.0 Å². The molecule has 5 rings (SSSR count). The van der Waals surface area contributed by atoms with Crippen LogP contribution in [0.25, 0.3) is 0 Å². The minimum Gasteiger partial charge on any atom is -0.503 e. The lowest BCUT2D eigenvalue weighted by atomic mass is 9.99. The summed E-state index contributed by atoms with van der Waals surface area (Å²) < 4.78 is 15.0. The maximum atomic E-state index is 13.1. The Hall–Kier alpha value is -2.36. The third-order valence-corrected chi connectivity index (χ3v) is 8.51. The summed E-state index contributed by atoms with van der Waals surface area (Å²) in [6.45, 7) is 4.52. The first-order chi connectivity index (χ1) is 16.4. The molecule has 3 aliphatic heterocycles. The number of hydrogen-bond donors (Lipinski definition) is 2. The summed E-state index contributed by atoms with van der Waals surface area (Å²) in [5.74, 6) is 1.14. The average Bonchev–Trinajstić information content (AvgIpc) is 2.86. The number of hydrogen-bond acceptors (Lipinski definition) is 6. The minimum absolute atomic E-state index is 0.0683. The highest BCUT2D eigenvalue weighted by Gasteiger charge is 2.41. The quantitative estimate of drug-likeness (QED) is 0.692. The van der Waals surface area contributed by atoms with Gasteiger partial charge in [-0.3, -0.25) is 19.4 Å². The van der Waals surface area contributed by atoms with Gasteiger partial charge in [-0.15, -0.1) is 0 Å². The molecule has 1 aromatic heterocycles. The topological polar surface area (TPSA) is 77.8 Å². The number of aromatic hydroxyl groups is 1. The number of rotatable bonds is 4. The van der Waals surface area contributed by atoms with Gasteiger partial charge in [-0.2, -0.15) is 11.8 Å². The van der Waals surface area contributed by atoms with E-state index >= 15 is 0 Å². The Labute approximate surface area is 202 Å². The van der Waals surface area contributed by atoms with Gasteiger partial charge in [0.2, 0.25) is 5.43 Å². The lowest BCUT2D eigenvalue weighted by molar-refractivity contribution is -0.0791. The molecule has 9 heteroatoms. The van der Waals surface area contributed by atoms with Crippen LogP contribution in [-0.4, -0.2) is 61.7 Å². The molecular weight excluding hydrogens is 455 g/mol. The highest BCUT2D eigenvalue weighted by Crippen LogP contribution is 2.34. The number of nitrogens with one attached hydrogen (secondary N) is 1. The summed E-state index contributed by atoms with van der Waals surface area (Å²) >= 11 is 2.02. The Morgan fingerprint density at radius 3 is 2.65 bits per heavy atom. The van der Waals surface area contributed by atoms with Gasteiger partial charge >= 0.3 is 0 Å². The molecule has 3 aliphatic rings. The van der Waals surface area contributed by atoms with Gasteiger partial charge in [0.25, 0.3) is 5.91 Å². The standard InChI is InChI=1S/C25H31FN4O3S/c1-16-6-9-29(19-7-10-34-11-8-19)22-15-28-13-20(23(31)24(32)21(28)14-30(16)22)25(33)27-12-17-2-4-18(26)5-3-17/h2-5,13,16,19,22,32H,6-12,14-15H2,1H3,(H,27,33)/t16-,22-/m0/s1. The van der Waals surface area contributed by atoms with Crippen LogP contribution in [-0.2, 0) is 19.6 Å². The van der Waals surface area contributed by atoms with E-state index in [9.17, 15) is 19.1 Å². The van der Waals surface area contributed by atoms with E-state index in [0.717, 1.165) is 18.5 Å². The summed E-state index contributed by atoms with van der Waals surface area (Å²) in [7, 11) is 0. The van der Waals surface area contributed by atoms with Crippen LogP contribution in [0.5, 0.6) is 5.75 Å². The molecule has 7 nitrogen and oxygen atoms in total. The van der Waals surface area contributed by atoms with Crippen LogP contribution in [0.4, 0.5) is 4.39 Å². The maximum absolute atomic E-state index is 13.1. The fourth-order valence-electron chi connectivity index (χ4n) is 5.45. The predicted molar refractivity (Wildman–Crippen MR) is 130 cm³/mol. The van der Waals surface area contributed by atoms with Crippen molar-refractivity contribution in [3.63, 3.8) is 0 Å². The van der Waals surface area contributed by atoms with Gasteiger partial charge < -0.3 is 15.0 Å². The second kappa shape index (κ2) is 9.71. The zero-order chi connectivity index (χ0) is 23.8. The third kappa shape index (κ3) is 4.48. The molecule has 2 N–H and O–H groups in total. The van der Waals surface area contributed by atoms with Crippen LogP contribution in [0.3, 0.4) is 0 Å². The number of benzene rings is 1. The average molecular weight is 487 g/mol. The van der Waals surface area contributed by atoms with Gasteiger partial charge in [-0.05, 0) is 55.4 Å². The highest BCUT2D eigenvalue weighted by molar-refractivity contribution is 7.99. The van der Waals surface area contributed by atoms with Crippen LogP contribution in [0.2, 0.25) is 0 Å². The molecule has 0 bridgehead atoms. The summed E-state index contributed by atoms with van der Waals surface area (Å²) in [4.78, 5) is 30.7. The molecule has 0 unspecified atom stereocenters. The van der Waals surface area contributed by atoms with Crippen molar-refractivity contribution in [1.82, 2.24) is 19.7 Å². The third-order valence-electron chi connectivity index (χ3n) is 7.46. The lowest BCUT2D eigenvalue weighted by Crippen LogP contribution is -2.63. The van der Waals surface area contributed by atoms with Gasteiger partial charge in [0.05, 0.1) is 18.4 Å². The number of amides is 1. The number of fused-ring (bicyclic) bond motifs is 2. The predicted octanol–water partition coefficient (Wildman–Crippen LogP) is 2.75. The van der Waals surface area contributed by atoms with E-state index < -0.39 is 11.3 Å². The molecular formula is C25H31FN4O3S. The SMILES string of the molecule is C[C@H]1CCN(C2CCSCC2)[C@@H]2Cn3cc(C(=O)NCc4ccc(F)cc4)c(=O)c(O)c3CN12. The van der Waals surface area contributed by atoms with E-state index in [1.165, 1.54) is 36.5 Å². The zero-order valence-corrected chi connectivity index (χ0v) is 20.2. The number of aromatic nitrogens is 1. The lowest BCUT2D eigenvalue weighted by Gasteiger charge is -2.53. The minimum atomic E-state index is -0.646. The molecule has 2 atom stereocenters. The van der Waals surface area contributed by atoms with E-state index in [0.29, 0.717) is 30.9 Å². The van der Waals surface area contributed by atoms with Crippen molar-refractivity contribution in [1.29, 1.82) is 0 Å². The Morgan fingerprint density at radius 1 is 1.18 bits per heavy atom. The Kier molecular flexibility index (Phi) is 6.68. The number of carbonyl (C=O) groups is 1. The number of pyridine rings is 1. The van der Waals surface area contributed by atoms with Crippen LogP contribution < -0.4 is 10.7 Å². The summed E-state index contributed by atoms with van der Waals surface area (Å²) in [5.41, 5.74) is 0.586. The molecule has 0 saturated carbocycles. The molecule has 0 aliphatic carbocycles. The van der Waals surface area contributed by atoms with Gasteiger partial charge in [-0.1, -0.05) is 12.1 Å². The number of halogens is 1. The van der Waals surface area contributed by atoms with Gasteiger partial charge in [0, 0.05) is 37.9 Å². The molecule has 34 heavy (non-hydrogen) atoms. The molecule has 2 saturated heterocycles. The van der Waals surface area contributed by atoms with E-state index in [1.807, 2.05) is 16.3 Å². The first-order valence-corrected chi connectivity index (χ1v) is 13.1. The van der Waals surface area contributed by atoms with Crippen molar-refractivity contribution < 1.29 is 14.3 Å². The second-order valence-electron chi connectivity index (χ2n) is 9.50. The fraction of sp³-hybridized carbons (Fsp3) is 0.520. The summed E-state index contributed by atoms with van der Waals surface area (Å²) in [6, 6.07) is 6.74. The maximum Gasteiger partial charge on any atom is 0.257 e.